The summed E-state index contributed by atoms with van der Waals surface area (Å²) in [5, 5.41) is 4.45. The lowest BCUT2D eigenvalue weighted by Crippen LogP contribution is -2.44. The number of primary amides is 1. The first kappa shape index (κ1) is 17.0. The van der Waals surface area contributed by atoms with Crippen LogP contribution >= 0.6 is 15.9 Å². The lowest BCUT2D eigenvalue weighted by Gasteiger charge is -2.32. The number of likely N-dealkylation sites (tertiary alicyclic amines) is 1. The second kappa shape index (κ2) is 6.81. The molecule has 0 aliphatic carbocycles. The van der Waals surface area contributed by atoms with E-state index >= 15 is 0 Å². The predicted octanol–water partition coefficient (Wildman–Crippen LogP) is 1.62. The van der Waals surface area contributed by atoms with Crippen molar-refractivity contribution in [3.8, 4) is 0 Å². The van der Waals surface area contributed by atoms with Crippen LogP contribution in [0.15, 0.2) is 4.47 Å². The lowest BCUT2D eigenvalue weighted by atomic mass is 9.95. The van der Waals surface area contributed by atoms with E-state index in [1.54, 1.807) is 0 Å². The van der Waals surface area contributed by atoms with Crippen LogP contribution in [0.5, 0.6) is 0 Å². The minimum atomic E-state index is -0.257. The zero-order chi connectivity index (χ0) is 16.4. The van der Waals surface area contributed by atoms with E-state index in [2.05, 4.69) is 21.0 Å². The summed E-state index contributed by atoms with van der Waals surface area (Å²) >= 11 is 3.50. The van der Waals surface area contributed by atoms with E-state index in [1.165, 1.54) is 0 Å². The molecule has 1 unspecified atom stereocenters. The minimum absolute atomic E-state index is 0.0914. The van der Waals surface area contributed by atoms with Gasteiger partial charge in [0.1, 0.15) is 0 Å². The number of carbonyl (C=O) groups excluding carboxylic acids is 2. The highest BCUT2D eigenvalue weighted by molar-refractivity contribution is 9.10. The zero-order valence-electron chi connectivity index (χ0n) is 13.3. The van der Waals surface area contributed by atoms with E-state index < -0.39 is 0 Å². The maximum Gasteiger partial charge on any atom is 0.227 e. The fourth-order valence-corrected chi connectivity index (χ4v) is 3.17. The average molecular weight is 371 g/mol. The summed E-state index contributed by atoms with van der Waals surface area (Å²) in [6.07, 6.45) is 1.33. The van der Waals surface area contributed by atoms with Gasteiger partial charge in [0.2, 0.25) is 11.8 Å². The largest absolute Gasteiger partial charge is 0.369 e. The fraction of sp³-hybridized carbons (Fsp3) is 0.667. The van der Waals surface area contributed by atoms with Gasteiger partial charge in [-0.1, -0.05) is 6.92 Å². The Morgan fingerprint density at radius 2 is 1.95 bits per heavy atom. The molecule has 7 heteroatoms. The number of halogens is 1. The smallest absolute Gasteiger partial charge is 0.227 e. The highest BCUT2D eigenvalue weighted by Gasteiger charge is 2.28. The third-order valence-electron chi connectivity index (χ3n) is 4.37. The van der Waals surface area contributed by atoms with Crippen LogP contribution in [0.2, 0.25) is 0 Å². The molecule has 1 aliphatic rings. The van der Waals surface area contributed by atoms with Crippen molar-refractivity contribution in [2.24, 2.45) is 17.6 Å². The van der Waals surface area contributed by atoms with E-state index in [-0.39, 0.29) is 23.7 Å². The molecule has 1 atom stereocenters. The number of hydrogen-bond donors (Lipinski definition) is 1. The molecule has 122 valence electrons. The third-order valence-corrected chi connectivity index (χ3v) is 5.52. The Hall–Kier alpha value is -1.37. The molecule has 0 saturated carbocycles. The van der Waals surface area contributed by atoms with Gasteiger partial charge in [-0.25, -0.2) is 0 Å². The Morgan fingerprint density at radius 3 is 2.41 bits per heavy atom. The van der Waals surface area contributed by atoms with Crippen LogP contribution in [0.4, 0.5) is 0 Å². The van der Waals surface area contributed by atoms with Crippen LogP contribution in [0.25, 0.3) is 0 Å². The van der Waals surface area contributed by atoms with Crippen LogP contribution in [0.3, 0.4) is 0 Å². The molecule has 2 heterocycles. The highest BCUT2D eigenvalue weighted by Crippen LogP contribution is 2.22. The minimum Gasteiger partial charge on any atom is -0.369 e. The number of piperidine rings is 1. The van der Waals surface area contributed by atoms with Crippen molar-refractivity contribution in [1.29, 1.82) is 0 Å². The number of nitrogens with two attached hydrogens (primary N) is 1. The van der Waals surface area contributed by atoms with Crippen molar-refractivity contribution in [2.75, 3.05) is 13.1 Å². The Bertz CT molecular complexity index is 576. The van der Waals surface area contributed by atoms with Crippen LogP contribution < -0.4 is 5.73 Å². The van der Waals surface area contributed by atoms with Gasteiger partial charge in [0.15, 0.2) is 0 Å². The van der Waals surface area contributed by atoms with E-state index in [1.807, 2.05) is 30.4 Å². The van der Waals surface area contributed by atoms with E-state index in [0.717, 1.165) is 15.9 Å². The summed E-state index contributed by atoms with van der Waals surface area (Å²) in [4.78, 5) is 25.6. The first-order chi connectivity index (χ1) is 10.3. The maximum absolute atomic E-state index is 12.5. The number of aromatic nitrogens is 2. The van der Waals surface area contributed by atoms with Crippen molar-refractivity contribution in [1.82, 2.24) is 14.7 Å². The molecule has 0 aromatic carbocycles. The van der Waals surface area contributed by atoms with E-state index in [0.29, 0.717) is 32.5 Å². The summed E-state index contributed by atoms with van der Waals surface area (Å²) in [5.74, 6) is -0.374. The summed E-state index contributed by atoms with van der Waals surface area (Å²) in [7, 11) is 0. The van der Waals surface area contributed by atoms with Gasteiger partial charge >= 0.3 is 0 Å². The first-order valence-electron chi connectivity index (χ1n) is 7.58. The summed E-state index contributed by atoms with van der Waals surface area (Å²) < 4.78 is 2.87. The Balaban J connectivity index is 1.95. The van der Waals surface area contributed by atoms with Crippen molar-refractivity contribution >= 4 is 27.7 Å². The molecule has 0 spiro atoms. The molecule has 1 aromatic heterocycles. The molecule has 1 saturated heterocycles. The maximum atomic E-state index is 12.5. The van der Waals surface area contributed by atoms with Gasteiger partial charge in [-0.05, 0) is 42.6 Å². The molecule has 2 amide bonds. The van der Waals surface area contributed by atoms with Gasteiger partial charge < -0.3 is 10.6 Å². The van der Waals surface area contributed by atoms with Crippen molar-refractivity contribution in [3.63, 3.8) is 0 Å². The topological polar surface area (TPSA) is 81.2 Å². The molecule has 1 aliphatic heterocycles. The van der Waals surface area contributed by atoms with Gasteiger partial charge in [-0.15, -0.1) is 0 Å². The van der Waals surface area contributed by atoms with E-state index in [4.69, 9.17) is 5.73 Å². The zero-order valence-corrected chi connectivity index (χ0v) is 14.9. The lowest BCUT2D eigenvalue weighted by molar-refractivity contribution is -0.138. The number of carbonyl (C=O) groups is 2. The molecule has 2 N–H and O–H groups in total. The number of hydrogen-bond acceptors (Lipinski definition) is 3. The molecule has 6 nitrogen and oxygen atoms in total. The first-order valence-corrected chi connectivity index (χ1v) is 8.38. The monoisotopic (exact) mass is 370 g/mol. The Morgan fingerprint density at radius 1 is 1.36 bits per heavy atom. The molecular weight excluding hydrogens is 348 g/mol. The number of amides is 2. The van der Waals surface area contributed by atoms with Gasteiger partial charge in [0.05, 0.1) is 22.6 Å². The summed E-state index contributed by atoms with van der Waals surface area (Å²) in [6.45, 7) is 7.63. The molecule has 1 aromatic rings. The van der Waals surface area contributed by atoms with Crippen LogP contribution in [0, 0.1) is 25.7 Å². The predicted molar refractivity (Wildman–Crippen MR) is 87.1 cm³/mol. The third kappa shape index (κ3) is 3.51. The van der Waals surface area contributed by atoms with Crippen molar-refractivity contribution in [2.45, 2.75) is 40.2 Å². The van der Waals surface area contributed by atoms with E-state index in [9.17, 15) is 9.59 Å². The number of nitrogens with zero attached hydrogens (tertiary/aromatic N) is 3. The number of aryl methyl sites for hydroxylation is 1. The molecule has 0 bridgehead atoms. The van der Waals surface area contributed by atoms with Gasteiger partial charge in [-0.3, -0.25) is 14.3 Å². The van der Waals surface area contributed by atoms with Crippen molar-refractivity contribution in [3.05, 3.63) is 15.9 Å². The normalized spacial score (nSPS) is 17.5. The Labute approximate surface area is 139 Å². The average Bonchev–Trinajstić information content (AvgIpc) is 2.73. The molecule has 2 rings (SSSR count). The highest BCUT2D eigenvalue weighted by atomic mass is 79.9. The summed E-state index contributed by atoms with van der Waals surface area (Å²) in [6, 6.07) is 0. The van der Waals surface area contributed by atoms with Crippen LogP contribution in [-0.2, 0) is 16.1 Å². The second-order valence-corrected chi connectivity index (χ2v) is 6.86. The van der Waals surface area contributed by atoms with Crippen LogP contribution in [0.1, 0.15) is 31.2 Å². The fourth-order valence-electron chi connectivity index (χ4n) is 2.89. The van der Waals surface area contributed by atoms with Gasteiger partial charge in [0, 0.05) is 24.7 Å². The SMILES string of the molecule is Cc1nn(CC(C)C(=O)N2CCC(C(N)=O)CC2)c(C)c1Br. The molecule has 22 heavy (non-hydrogen) atoms. The standard InChI is InChI=1S/C15H23BrN4O2/c1-9(8-20-11(3)13(16)10(2)18-20)15(22)19-6-4-12(5-7-19)14(17)21/h9,12H,4-8H2,1-3H3,(H2,17,21). The quantitative estimate of drug-likeness (QED) is 0.873. The Kier molecular flexibility index (Phi) is 5.26. The summed E-state index contributed by atoms with van der Waals surface area (Å²) in [5.41, 5.74) is 7.29. The second-order valence-electron chi connectivity index (χ2n) is 6.07. The number of rotatable bonds is 4. The molecule has 1 fully saturated rings. The van der Waals surface area contributed by atoms with Gasteiger partial charge in [0.25, 0.3) is 0 Å². The van der Waals surface area contributed by atoms with Crippen molar-refractivity contribution < 1.29 is 9.59 Å². The van der Waals surface area contributed by atoms with Gasteiger partial charge in [-0.2, -0.15) is 5.10 Å². The van der Waals surface area contributed by atoms with Crippen LogP contribution in [-0.4, -0.2) is 39.6 Å². The molecular formula is C15H23BrN4O2. The molecule has 0 radical (unpaired) electrons.